The lowest BCUT2D eigenvalue weighted by molar-refractivity contribution is 1.45. The average molecular weight is 66.9 g/mol. The molecular formula is C3H6BN. The van der Waals surface area contributed by atoms with E-state index in [1.807, 2.05) is 0 Å². The molecule has 0 saturated carbocycles. The normalized spacial score (nSPS) is 12.0. The molecule has 0 fully saturated rings. The van der Waals surface area contributed by atoms with Crippen molar-refractivity contribution in [1.29, 1.82) is 0 Å². The van der Waals surface area contributed by atoms with Gasteiger partial charge in [-0.25, -0.2) is 0 Å². The van der Waals surface area contributed by atoms with Crippen molar-refractivity contribution >= 4 is 13.5 Å². The molecule has 0 aliphatic rings. The highest BCUT2D eigenvalue weighted by Crippen LogP contribution is 1.56. The molecule has 0 amide bonds. The second-order valence-corrected chi connectivity index (χ2v) is 0.865. The third-order valence-corrected chi connectivity index (χ3v) is 0.353. The van der Waals surface area contributed by atoms with Crippen LogP contribution in [-0.4, -0.2) is 20.5 Å². The van der Waals surface area contributed by atoms with E-state index in [4.69, 9.17) is 7.85 Å². The second kappa shape index (κ2) is 2.00. The van der Waals surface area contributed by atoms with Gasteiger partial charge in [0.2, 0.25) is 0 Å². The molecule has 0 aromatic carbocycles. The molecule has 0 spiro atoms. The fourth-order valence-electron chi connectivity index (χ4n) is 0. The molecular weight excluding hydrogens is 60.9 g/mol. The molecule has 0 aromatic heterocycles. The highest BCUT2D eigenvalue weighted by Gasteiger charge is 1.62. The molecule has 0 bridgehead atoms. The Labute approximate surface area is 33.5 Å². The van der Waals surface area contributed by atoms with E-state index in [0.717, 1.165) is 0 Å². The Morgan fingerprint density at radius 3 is 2.00 bits per heavy atom. The summed E-state index contributed by atoms with van der Waals surface area (Å²) in [6, 6.07) is 0. The smallest absolute Gasteiger partial charge is 0.134 e. The van der Waals surface area contributed by atoms with Gasteiger partial charge in [-0.1, -0.05) is 0 Å². The van der Waals surface area contributed by atoms with Gasteiger partial charge in [0, 0.05) is 7.05 Å². The van der Waals surface area contributed by atoms with Crippen LogP contribution in [0.5, 0.6) is 0 Å². The molecule has 5 heavy (non-hydrogen) atoms. The van der Waals surface area contributed by atoms with E-state index in [1.165, 1.54) is 0 Å². The van der Waals surface area contributed by atoms with Crippen molar-refractivity contribution in [3.63, 3.8) is 0 Å². The summed E-state index contributed by atoms with van der Waals surface area (Å²) in [4.78, 5) is 3.58. The number of hydrogen-bond donors (Lipinski definition) is 0. The van der Waals surface area contributed by atoms with Gasteiger partial charge < -0.3 is 4.99 Å². The van der Waals surface area contributed by atoms with Gasteiger partial charge in [0.05, 0.1) is 0 Å². The third kappa shape index (κ3) is 3.73. The van der Waals surface area contributed by atoms with E-state index in [-0.39, 0.29) is 0 Å². The lowest BCUT2D eigenvalue weighted by Crippen LogP contribution is -1.83. The maximum absolute atomic E-state index is 5.04. The molecule has 2 radical (unpaired) electrons. The number of rotatable bonds is 0. The van der Waals surface area contributed by atoms with Crippen molar-refractivity contribution in [3.05, 3.63) is 0 Å². The van der Waals surface area contributed by atoms with Crippen LogP contribution in [0, 0.1) is 0 Å². The summed E-state index contributed by atoms with van der Waals surface area (Å²) in [7, 11) is 6.70. The van der Waals surface area contributed by atoms with E-state index in [9.17, 15) is 0 Å². The number of hydrogen-bond acceptors (Lipinski definition) is 1. The average Bonchev–Trinajstić information content (AvgIpc) is 1.38. The van der Waals surface area contributed by atoms with E-state index < -0.39 is 0 Å². The first-order chi connectivity index (χ1) is 2.27. The van der Waals surface area contributed by atoms with Gasteiger partial charge in [-0.15, -0.1) is 0 Å². The molecule has 0 rings (SSSR count). The lowest BCUT2D eigenvalue weighted by atomic mass is 10.0. The summed E-state index contributed by atoms with van der Waals surface area (Å²) in [5.74, 6) is 0. The van der Waals surface area contributed by atoms with Crippen LogP contribution in [0.25, 0.3) is 0 Å². The first-order valence-electron chi connectivity index (χ1n) is 1.46. The minimum Gasteiger partial charge on any atom is -0.309 e. The van der Waals surface area contributed by atoms with Gasteiger partial charge in [-0.05, 0) is 12.5 Å². The summed E-state index contributed by atoms with van der Waals surface area (Å²) in [6.45, 7) is 1.75. The van der Waals surface area contributed by atoms with Gasteiger partial charge in [-0.2, -0.15) is 0 Å². The van der Waals surface area contributed by atoms with Crippen molar-refractivity contribution in [1.82, 2.24) is 0 Å². The Bertz CT molecular complexity index is 44.9. The highest BCUT2D eigenvalue weighted by molar-refractivity contribution is 6.59. The van der Waals surface area contributed by atoms with E-state index >= 15 is 0 Å². The van der Waals surface area contributed by atoms with E-state index in [1.54, 1.807) is 14.0 Å². The van der Waals surface area contributed by atoms with Crippen LogP contribution in [0.1, 0.15) is 6.92 Å². The molecule has 0 heterocycles. The first kappa shape index (κ1) is 4.73. The molecule has 0 aromatic rings. The van der Waals surface area contributed by atoms with Crippen LogP contribution in [-0.2, 0) is 0 Å². The molecule has 0 atom stereocenters. The summed E-state index contributed by atoms with van der Waals surface area (Å²) in [5.41, 5.74) is 0.630. The molecule has 0 unspecified atom stereocenters. The zero-order chi connectivity index (χ0) is 4.28. The summed E-state index contributed by atoms with van der Waals surface area (Å²) >= 11 is 0. The molecule has 1 nitrogen and oxygen atoms in total. The Morgan fingerprint density at radius 1 is 1.80 bits per heavy atom. The topological polar surface area (TPSA) is 12.4 Å². The van der Waals surface area contributed by atoms with Crippen LogP contribution in [0.2, 0.25) is 0 Å². The first-order valence-corrected chi connectivity index (χ1v) is 1.46. The monoisotopic (exact) mass is 67.1 g/mol. The molecule has 2 heteroatoms. The van der Waals surface area contributed by atoms with Gasteiger partial charge in [0.15, 0.2) is 0 Å². The SMILES string of the molecule is [B]C(C)=NC. The van der Waals surface area contributed by atoms with Gasteiger partial charge in [0.25, 0.3) is 0 Å². The zero-order valence-electron chi connectivity index (χ0n) is 3.52. The van der Waals surface area contributed by atoms with E-state index in [0.29, 0.717) is 5.61 Å². The Morgan fingerprint density at radius 2 is 2.00 bits per heavy atom. The molecule has 0 aliphatic heterocycles. The van der Waals surface area contributed by atoms with Gasteiger partial charge in [-0.3, -0.25) is 0 Å². The fraction of sp³-hybridized carbons (Fsp3) is 0.667. The predicted octanol–water partition coefficient (Wildman–Crippen LogP) is 0.203. The number of aliphatic imine (C=N–C) groups is 1. The van der Waals surface area contributed by atoms with Crippen molar-refractivity contribution in [2.75, 3.05) is 7.05 Å². The third-order valence-electron chi connectivity index (χ3n) is 0.353. The Balaban J connectivity index is 3.14. The molecule has 0 saturated heterocycles. The predicted molar refractivity (Wildman–Crippen MR) is 24.8 cm³/mol. The van der Waals surface area contributed by atoms with Crippen LogP contribution in [0.15, 0.2) is 4.99 Å². The van der Waals surface area contributed by atoms with Gasteiger partial charge >= 0.3 is 0 Å². The minimum atomic E-state index is 0.630. The largest absolute Gasteiger partial charge is 0.309 e. The summed E-state index contributed by atoms with van der Waals surface area (Å²) in [6.07, 6.45) is 0. The second-order valence-electron chi connectivity index (χ2n) is 0.865. The standard InChI is InChI=1S/C3H6BN/c1-3(4)5-2/h1-2H3. The van der Waals surface area contributed by atoms with Crippen LogP contribution in [0.3, 0.4) is 0 Å². The number of nitrogens with zero attached hydrogens (tertiary/aromatic N) is 1. The maximum Gasteiger partial charge on any atom is 0.134 e. The van der Waals surface area contributed by atoms with Crippen LogP contribution < -0.4 is 0 Å². The van der Waals surface area contributed by atoms with Gasteiger partial charge in [0.1, 0.15) is 7.85 Å². The molecule has 0 N–H and O–H groups in total. The van der Waals surface area contributed by atoms with E-state index in [2.05, 4.69) is 4.99 Å². The molecule has 26 valence electrons. The Kier molecular flexibility index (Phi) is 1.90. The van der Waals surface area contributed by atoms with Crippen LogP contribution in [0.4, 0.5) is 0 Å². The summed E-state index contributed by atoms with van der Waals surface area (Å²) in [5, 5.41) is 0. The quantitative estimate of drug-likeness (QED) is 0.283. The lowest BCUT2D eigenvalue weighted by Gasteiger charge is -1.74. The van der Waals surface area contributed by atoms with Crippen molar-refractivity contribution in [2.45, 2.75) is 6.92 Å². The van der Waals surface area contributed by atoms with Crippen molar-refractivity contribution in [2.24, 2.45) is 4.99 Å². The fourth-order valence-corrected chi connectivity index (χ4v) is 0. The van der Waals surface area contributed by atoms with Crippen molar-refractivity contribution < 1.29 is 0 Å². The highest BCUT2D eigenvalue weighted by atomic mass is 14.6. The van der Waals surface area contributed by atoms with Crippen molar-refractivity contribution in [3.8, 4) is 0 Å². The minimum absolute atomic E-state index is 0.630. The van der Waals surface area contributed by atoms with Crippen LogP contribution >= 0.6 is 0 Å². The maximum atomic E-state index is 5.04. The Hall–Kier alpha value is -0.265. The summed E-state index contributed by atoms with van der Waals surface area (Å²) < 4.78 is 0. The zero-order valence-corrected chi connectivity index (χ0v) is 3.52. The molecule has 0 aliphatic carbocycles.